The third-order valence-corrected chi connectivity index (χ3v) is 5.79. The van der Waals surface area contributed by atoms with E-state index in [1.54, 1.807) is 20.3 Å². The molecule has 2 amide bonds. The van der Waals surface area contributed by atoms with Crippen LogP contribution in [-0.4, -0.2) is 50.3 Å². The van der Waals surface area contributed by atoms with Gasteiger partial charge in [-0.25, -0.2) is 9.18 Å². The summed E-state index contributed by atoms with van der Waals surface area (Å²) in [6, 6.07) is 8.96. The molecular formula is C23H27FN2O5. The van der Waals surface area contributed by atoms with Gasteiger partial charge >= 0.3 is 6.03 Å². The standard InChI is InChI=1S/C23H27FN2O5/c1-29-12-23(13-30-2)11-20(18-9-15(24)6-7-21(18)31-23)26-22(28)25-19-5-3-4-14-8-16(27)10-17(14)19/h3-7,9,16,20,27H,8,10-13H2,1-2H3,(H2,25,26,28)/t16-,20-/m1/s1. The predicted octanol–water partition coefficient (Wildman–Crippen LogP) is 2.96. The average Bonchev–Trinajstić information content (AvgIpc) is 3.10. The highest BCUT2D eigenvalue weighted by Crippen LogP contribution is 2.40. The summed E-state index contributed by atoms with van der Waals surface area (Å²) in [6.45, 7) is 0.503. The van der Waals surface area contributed by atoms with Gasteiger partial charge in [0.25, 0.3) is 0 Å². The van der Waals surface area contributed by atoms with E-state index in [4.69, 9.17) is 14.2 Å². The lowest BCUT2D eigenvalue weighted by atomic mass is 9.88. The molecule has 1 heterocycles. The highest BCUT2D eigenvalue weighted by atomic mass is 19.1. The Balaban J connectivity index is 1.57. The van der Waals surface area contributed by atoms with E-state index in [0.717, 1.165) is 11.1 Å². The normalized spacial score (nSPS) is 21.0. The maximum absolute atomic E-state index is 14.0. The van der Waals surface area contributed by atoms with E-state index in [9.17, 15) is 14.3 Å². The number of carbonyl (C=O) groups excluding carboxylic acids is 1. The molecule has 166 valence electrons. The second kappa shape index (κ2) is 8.82. The number of amides is 2. The monoisotopic (exact) mass is 430 g/mol. The number of fused-ring (bicyclic) bond motifs is 2. The number of nitrogens with one attached hydrogen (secondary N) is 2. The van der Waals surface area contributed by atoms with Crippen LogP contribution in [0.4, 0.5) is 14.9 Å². The van der Waals surface area contributed by atoms with Crippen molar-refractivity contribution in [3.05, 3.63) is 58.9 Å². The average molecular weight is 430 g/mol. The van der Waals surface area contributed by atoms with Gasteiger partial charge in [0.05, 0.1) is 25.4 Å². The lowest BCUT2D eigenvalue weighted by Crippen LogP contribution is -2.51. The number of urea groups is 1. The van der Waals surface area contributed by atoms with E-state index in [1.807, 2.05) is 18.2 Å². The number of ether oxygens (including phenoxy) is 3. The lowest BCUT2D eigenvalue weighted by molar-refractivity contribution is -0.0770. The second-order valence-corrected chi connectivity index (χ2v) is 8.19. The quantitative estimate of drug-likeness (QED) is 0.656. The molecule has 0 unspecified atom stereocenters. The fourth-order valence-corrected chi connectivity index (χ4v) is 4.58. The van der Waals surface area contributed by atoms with E-state index < -0.39 is 29.6 Å². The third kappa shape index (κ3) is 4.51. The zero-order valence-electron chi connectivity index (χ0n) is 17.6. The van der Waals surface area contributed by atoms with Gasteiger partial charge < -0.3 is 30.0 Å². The fourth-order valence-electron chi connectivity index (χ4n) is 4.58. The molecule has 31 heavy (non-hydrogen) atoms. The van der Waals surface area contributed by atoms with E-state index in [1.165, 1.54) is 12.1 Å². The Kier molecular flexibility index (Phi) is 6.13. The van der Waals surface area contributed by atoms with Crippen molar-refractivity contribution >= 4 is 11.7 Å². The van der Waals surface area contributed by atoms with E-state index in [-0.39, 0.29) is 13.2 Å². The number of aliphatic hydroxyl groups excluding tert-OH is 1. The highest BCUT2D eigenvalue weighted by Gasteiger charge is 2.42. The zero-order valence-corrected chi connectivity index (χ0v) is 17.6. The number of halogens is 1. The molecule has 0 aromatic heterocycles. The van der Waals surface area contributed by atoms with E-state index in [2.05, 4.69) is 10.6 Å². The summed E-state index contributed by atoms with van der Waals surface area (Å²) in [4.78, 5) is 12.9. The molecule has 0 radical (unpaired) electrons. The molecule has 7 nitrogen and oxygen atoms in total. The summed E-state index contributed by atoms with van der Waals surface area (Å²) in [5, 5.41) is 15.8. The zero-order chi connectivity index (χ0) is 22.0. The van der Waals surface area contributed by atoms with Crippen LogP contribution in [0.2, 0.25) is 0 Å². The molecule has 0 fully saturated rings. The molecular weight excluding hydrogens is 403 g/mol. The molecule has 2 aliphatic rings. The second-order valence-electron chi connectivity index (χ2n) is 8.19. The number of hydrogen-bond acceptors (Lipinski definition) is 5. The summed E-state index contributed by atoms with van der Waals surface area (Å²) in [7, 11) is 3.14. The first-order valence-corrected chi connectivity index (χ1v) is 10.3. The van der Waals surface area contributed by atoms with Crippen LogP contribution in [0.15, 0.2) is 36.4 Å². The van der Waals surface area contributed by atoms with Gasteiger partial charge in [0, 0.05) is 38.3 Å². The van der Waals surface area contributed by atoms with Gasteiger partial charge in [-0.1, -0.05) is 12.1 Å². The first kappa shape index (κ1) is 21.5. The largest absolute Gasteiger partial charge is 0.482 e. The maximum Gasteiger partial charge on any atom is 0.319 e. The summed E-state index contributed by atoms with van der Waals surface area (Å²) in [5.41, 5.74) is 2.38. The number of rotatable bonds is 6. The number of anilines is 1. The molecule has 1 aliphatic carbocycles. The topological polar surface area (TPSA) is 89.1 Å². The predicted molar refractivity (Wildman–Crippen MR) is 113 cm³/mol. The van der Waals surface area contributed by atoms with Crippen LogP contribution in [0, 0.1) is 5.82 Å². The lowest BCUT2D eigenvalue weighted by Gasteiger charge is -2.41. The highest BCUT2D eigenvalue weighted by molar-refractivity contribution is 5.90. The summed E-state index contributed by atoms with van der Waals surface area (Å²) < 4.78 is 30.8. The van der Waals surface area contributed by atoms with Gasteiger partial charge in [-0.15, -0.1) is 0 Å². The molecule has 0 saturated carbocycles. The van der Waals surface area contributed by atoms with E-state index >= 15 is 0 Å². The van der Waals surface area contributed by atoms with Crippen LogP contribution in [0.1, 0.15) is 29.2 Å². The minimum Gasteiger partial charge on any atom is -0.482 e. The molecule has 3 N–H and O–H groups in total. The van der Waals surface area contributed by atoms with Crippen LogP contribution >= 0.6 is 0 Å². The SMILES string of the molecule is COCC1(COC)C[C@@H](NC(=O)Nc2cccc3c2C[C@H](O)C3)c2cc(F)ccc2O1. The van der Waals surface area contributed by atoms with Crippen LogP contribution in [0.5, 0.6) is 5.75 Å². The van der Waals surface area contributed by atoms with Crippen LogP contribution in [0.25, 0.3) is 0 Å². The fraction of sp³-hybridized carbons (Fsp3) is 0.435. The van der Waals surface area contributed by atoms with Gasteiger partial charge in [0.15, 0.2) is 5.60 Å². The van der Waals surface area contributed by atoms with Crippen molar-refractivity contribution in [3.63, 3.8) is 0 Å². The smallest absolute Gasteiger partial charge is 0.319 e. The molecule has 8 heteroatoms. The summed E-state index contributed by atoms with van der Waals surface area (Å²) in [5.74, 6) is 0.0752. The van der Waals surface area contributed by atoms with Crippen molar-refractivity contribution in [2.45, 2.75) is 37.0 Å². The first-order valence-electron chi connectivity index (χ1n) is 10.3. The Morgan fingerprint density at radius 1 is 1.23 bits per heavy atom. The molecule has 4 rings (SSSR count). The van der Waals surface area contributed by atoms with Crippen LogP contribution < -0.4 is 15.4 Å². The number of benzene rings is 2. The Morgan fingerprint density at radius 3 is 2.74 bits per heavy atom. The number of methoxy groups -OCH3 is 2. The minimum atomic E-state index is -0.815. The van der Waals surface area contributed by atoms with Crippen molar-refractivity contribution in [1.82, 2.24) is 5.32 Å². The molecule has 0 saturated heterocycles. The third-order valence-electron chi connectivity index (χ3n) is 5.79. The first-order chi connectivity index (χ1) is 14.9. The molecule has 1 aliphatic heterocycles. The van der Waals surface area contributed by atoms with Crippen molar-refractivity contribution in [2.75, 3.05) is 32.8 Å². The Labute approximate surface area is 180 Å². The van der Waals surface area contributed by atoms with Gasteiger partial charge in [0.1, 0.15) is 11.6 Å². The Hall–Kier alpha value is -2.68. The molecule has 2 atom stereocenters. The van der Waals surface area contributed by atoms with Crippen LogP contribution in [-0.2, 0) is 22.3 Å². The molecule has 2 aromatic carbocycles. The number of aliphatic hydroxyl groups is 1. The van der Waals surface area contributed by atoms with Crippen LogP contribution in [0.3, 0.4) is 0 Å². The minimum absolute atomic E-state index is 0.252. The van der Waals surface area contributed by atoms with Crippen molar-refractivity contribution in [2.24, 2.45) is 0 Å². The van der Waals surface area contributed by atoms with Crippen molar-refractivity contribution < 1.29 is 28.5 Å². The Morgan fingerprint density at radius 2 is 2.00 bits per heavy atom. The summed E-state index contributed by atoms with van der Waals surface area (Å²) >= 11 is 0. The van der Waals surface area contributed by atoms with E-state index in [0.29, 0.717) is 36.3 Å². The maximum atomic E-state index is 14.0. The molecule has 0 spiro atoms. The Bertz CT molecular complexity index is 961. The number of carbonyl (C=O) groups is 1. The van der Waals surface area contributed by atoms with Gasteiger partial charge in [-0.2, -0.15) is 0 Å². The van der Waals surface area contributed by atoms with Crippen molar-refractivity contribution in [1.29, 1.82) is 0 Å². The van der Waals surface area contributed by atoms with Gasteiger partial charge in [-0.05, 0) is 41.8 Å². The van der Waals surface area contributed by atoms with Gasteiger partial charge in [-0.3, -0.25) is 0 Å². The molecule has 0 bridgehead atoms. The van der Waals surface area contributed by atoms with Gasteiger partial charge in [0.2, 0.25) is 0 Å². The van der Waals surface area contributed by atoms with Crippen molar-refractivity contribution in [3.8, 4) is 5.75 Å². The summed E-state index contributed by atoms with van der Waals surface area (Å²) in [6.07, 6.45) is 0.997. The molecule has 2 aromatic rings. The number of hydrogen-bond donors (Lipinski definition) is 3.